The summed E-state index contributed by atoms with van der Waals surface area (Å²) in [6.07, 6.45) is -3.28. The molecule has 1 aromatic heterocycles. The molecule has 0 unspecified atom stereocenters. The van der Waals surface area contributed by atoms with E-state index in [-0.39, 0.29) is 23.7 Å². The number of carbonyl (C=O) groups is 1. The summed E-state index contributed by atoms with van der Waals surface area (Å²) in [6.45, 7) is -0.293. The summed E-state index contributed by atoms with van der Waals surface area (Å²) >= 11 is 0. The highest BCUT2D eigenvalue weighted by atomic mass is 19.4. The maximum absolute atomic E-state index is 13.0. The van der Waals surface area contributed by atoms with Crippen LogP contribution < -0.4 is 10.1 Å². The molecule has 4 rings (SSSR count). The van der Waals surface area contributed by atoms with Crippen LogP contribution in [0.4, 0.5) is 18.9 Å². The zero-order valence-corrected chi connectivity index (χ0v) is 16.4. The first-order valence-electron chi connectivity index (χ1n) is 9.45. The van der Waals surface area contributed by atoms with Crippen molar-refractivity contribution in [3.8, 4) is 11.6 Å². The van der Waals surface area contributed by atoms with Gasteiger partial charge in [-0.05, 0) is 35.7 Å². The monoisotopic (exact) mass is 439 g/mol. The molecule has 0 saturated heterocycles. The lowest BCUT2D eigenvalue weighted by molar-refractivity contribution is -0.137. The minimum atomic E-state index is -4.52. The molecule has 0 aliphatic heterocycles. The van der Waals surface area contributed by atoms with Gasteiger partial charge >= 0.3 is 6.18 Å². The predicted molar refractivity (Wildman–Crippen MR) is 111 cm³/mol. The van der Waals surface area contributed by atoms with Crippen LogP contribution in [0.25, 0.3) is 10.8 Å². The molecule has 0 spiro atoms. The van der Waals surface area contributed by atoms with Gasteiger partial charge in [0.05, 0.1) is 23.4 Å². The van der Waals surface area contributed by atoms with E-state index < -0.39 is 17.6 Å². The number of halogens is 3. The summed E-state index contributed by atoms with van der Waals surface area (Å²) in [6, 6.07) is 16.0. The molecule has 1 amide bonds. The number of anilines is 1. The number of ether oxygens (including phenoxy) is 1. The van der Waals surface area contributed by atoms with Gasteiger partial charge in [-0.1, -0.05) is 30.3 Å². The van der Waals surface area contributed by atoms with Gasteiger partial charge in [0, 0.05) is 17.1 Å². The molecule has 0 radical (unpaired) electrons. The van der Waals surface area contributed by atoms with Gasteiger partial charge in [0.25, 0.3) is 5.91 Å². The van der Waals surface area contributed by atoms with Crippen LogP contribution in [0.5, 0.6) is 11.6 Å². The summed E-state index contributed by atoms with van der Waals surface area (Å²) < 4.78 is 44.8. The molecule has 0 aliphatic rings. The van der Waals surface area contributed by atoms with Crippen LogP contribution in [0.1, 0.15) is 21.6 Å². The number of alkyl halides is 3. The first-order valence-corrected chi connectivity index (χ1v) is 9.45. The van der Waals surface area contributed by atoms with Crippen molar-refractivity contribution in [1.82, 2.24) is 9.97 Å². The van der Waals surface area contributed by atoms with E-state index in [1.807, 2.05) is 0 Å². The van der Waals surface area contributed by atoms with Crippen LogP contribution in [0, 0.1) is 0 Å². The molecule has 3 aromatic carbocycles. The van der Waals surface area contributed by atoms with Crippen molar-refractivity contribution in [2.45, 2.75) is 12.8 Å². The minimum Gasteiger partial charge on any atom is -0.438 e. The van der Waals surface area contributed by atoms with E-state index in [1.54, 1.807) is 36.4 Å². The second-order valence-corrected chi connectivity index (χ2v) is 6.80. The Hall–Kier alpha value is -3.98. The predicted octanol–water partition coefficient (Wildman–Crippen LogP) is 5.19. The number of carbonyl (C=O) groups excluding carboxylic acids is 1. The largest absolute Gasteiger partial charge is 0.438 e. The Labute approximate surface area is 180 Å². The van der Waals surface area contributed by atoms with Crippen LogP contribution in [0.3, 0.4) is 0 Å². The molecule has 0 saturated carbocycles. The van der Waals surface area contributed by atoms with E-state index in [0.717, 1.165) is 12.1 Å². The van der Waals surface area contributed by atoms with Gasteiger partial charge in [-0.25, -0.2) is 9.97 Å². The van der Waals surface area contributed by atoms with Crippen LogP contribution >= 0.6 is 0 Å². The Balaban J connectivity index is 1.71. The van der Waals surface area contributed by atoms with E-state index in [9.17, 15) is 23.1 Å². The van der Waals surface area contributed by atoms with Gasteiger partial charge in [-0.15, -0.1) is 0 Å². The quantitative estimate of drug-likeness (QED) is 0.447. The lowest BCUT2D eigenvalue weighted by Gasteiger charge is -2.13. The third kappa shape index (κ3) is 4.52. The van der Waals surface area contributed by atoms with Crippen LogP contribution in [-0.2, 0) is 12.8 Å². The maximum atomic E-state index is 13.0. The van der Waals surface area contributed by atoms with Gasteiger partial charge in [-0.2, -0.15) is 13.2 Å². The summed E-state index contributed by atoms with van der Waals surface area (Å²) in [5.41, 5.74) is -0.269. The SMILES string of the molecule is O=C(Nc1cccc(C(F)(F)F)c1)c1cccc2cccc(Oc3cc(CO)ncn3)c12. The number of rotatable bonds is 5. The Morgan fingerprint density at radius 2 is 1.75 bits per heavy atom. The molecule has 0 atom stereocenters. The highest BCUT2D eigenvalue weighted by Crippen LogP contribution is 2.33. The lowest BCUT2D eigenvalue weighted by atomic mass is 10.0. The van der Waals surface area contributed by atoms with Gasteiger partial charge in [0.2, 0.25) is 5.88 Å². The fourth-order valence-electron chi connectivity index (χ4n) is 3.18. The average molecular weight is 439 g/mol. The fraction of sp³-hybridized carbons (Fsp3) is 0.0870. The van der Waals surface area contributed by atoms with Crippen molar-refractivity contribution < 1.29 is 27.8 Å². The van der Waals surface area contributed by atoms with Crippen molar-refractivity contribution in [1.29, 1.82) is 0 Å². The minimum absolute atomic E-state index is 0.0172. The number of aromatic nitrogens is 2. The van der Waals surface area contributed by atoms with Gasteiger partial charge in [0.1, 0.15) is 12.1 Å². The number of benzene rings is 3. The molecular formula is C23H16F3N3O3. The fourth-order valence-corrected chi connectivity index (χ4v) is 3.18. The molecule has 32 heavy (non-hydrogen) atoms. The van der Waals surface area contributed by atoms with E-state index in [2.05, 4.69) is 15.3 Å². The van der Waals surface area contributed by atoms with Crippen molar-refractivity contribution in [3.63, 3.8) is 0 Å². The second kappa shape index (κ2) is 8.64. The van der Waals surface area contributed by atoms with Crippen molar-refractivity contribution in [2.75, 3.05) is 5.32 Å². The number of fused-ring (bicyclic) bond motifs is 1. The van der Waals surface area contributed by atoms with Gasteiger partial charge < -0.3 is 15.2 Å². The van der Waals surface area contributed by atoms with Gasteiger partial charge in [0.15, 0.2) is 0 Å². The van der Waals surface area contributed by atoms with Crippen LogP contribution in [-0.4, -0.2) is 21.0 Å². The van der Waals surface area contributed by atoms with E-state index in [4.69, 9.17) is 4.74 Å². The summed E-state index contributed by atoms with van der Waals surface area (Å²) in [4.78, 5) is 20.9. The lowest BCUT2D eigenvalue weighted by Crippen LogP contribution is -2.14. The number of nitrogens with zero attached hydrogens (tertiary/aromatic N) is 2. The number of aliphatic hydroxyl groups excluding tert-OH is 1. The Kier molecular flexibility index (Phi) is 5.74. The molecule has 1 heterocycles. The molecule has 2 N–H and O–H groups in total. The summed E-state index contributed by atoms with van der Waals surface area (Å²) in [7, 11) is 0. The topological polar surface area (TPSA) is 84.3 Å². The molecule has 9 heteroatoms. The maximum Gasteiger partial charge on any atom is 0.416 e. The molecule has 0 fully saturated rings. The highest BCUT2D eigenvalue weighted by molar-refractivity contribution is 6.14. The Morgan fingerprint density at radius 3 is 2.50 bits per heavy atom. The van der Waals surface area contributed by atoms with Crippen molar-refractivity contribution in [2.24, 2.45) is 0 Å². The average Bonchev–Trinajstić information content (AvgIpc) is 2.78. The number of hydrogen-bond donors (Lipinski definition) is 2. The van der Waals surface area contributed by atoms with Crippen molar-refractivity contribution in [3.05, 3.63) is 89.9 Å². The number of aliphatic hydroxyl groups is 1. The zero-order valence-electron chi connectivity index (χ0n) is 16.4. The van der Waals surface area contributed by atoms with E-state index in [0.29, 0.717) is 22.2 Å². The number of nitrogens with one attached hydrogen (secondary N) is 1. The first kappa shape index (κ1) is 21.3. The normalized spacial score (nSPS) is 11.4. The molecular weight excluding hydrogens is 423 g/mol. The number of amides is 1. The Bertz CT molecular complexity index is 1290. The smallest absolute Gasteiger partial charge is 0.416 e. The molecule has 0 bridgehead atoms. The third-order valence-electron chi connectivity index (χ3n) is 4.63. The van der Waals surface area contributed by atoms with E-state index in [1.165, 1.54) is 24.5 Å². The second-order valence-electron chi connectivity index (χ2n) is 6.80. The standard InChI is InChI=1S/C23H16F3N3O3/c24-23(25,26)15-6-3-7-16(10-15)29-22(31)18-8-1-4-14-5-2-9-19(21(14)18)32-20-11-17(12-30)27-13-28-20/h1-11,13,30H,12H2,(H,29,31). The Morgan fingerprint density at radius 1 is 1.00 bits per heavy atom. The van der Waals surface area contributed by atoms with E-state index >= 15 is 0 Å². The summed E-state index contributed by atoms with van der Waals surface area (Å²) in [5.74, 6) is -0.103. The van der Waals surface area contributed by atoms with Crippen LogP contribution in [0.2, 0.25) is 0 Å². The highest BCUT2D eigenvalue weighted by Gasteiger charge is 2.30. The van der Waals surface area contributed by atoms with Crippen LogP contribution in [0.15, 0.2) is 73.1 Å². The zero-order chi connectivity index (χ0) is 22.7. The third-order valence-corrected chi connectivity index (χ3v) is 4.63. The van der Waals surface area contributed by atoms with Crippen molar-refractivity contribution >= 4 is 22.4 Å². The first-order chi connectivity index (χ1) is 15.3. The molecule has 6 nitrogen and oxygen atoms in total. The number of hydrogen-bond acceptors (Lipinski definition) is 5. The molecule has 4 aromatic rings. The summed E-state index contributed by atoms with van der Waals surface area (Å²) in [5, 5.41) is 12.9. The molecule has 0 aliphatic carbocycles. The molecule has 162 valence electrons. The van der Waals surface area contributed by atoms with Gasteiger partial charge in [-0.3, -0.25) is 4.79 Å².